The normalized spacial score (nSPS) is 17.1. The Morgan fingerprint density at radius 2 is 1.15 bits per heavy atom. The number of anilines is 1. The molecule has 0 saturated carbocycles. The van der Waals surface area contributed by atoms with Crippen molar-refractivity contribution < 1.29 is 53.7 Å². The Kier molecular flexibility index (Phi) is 15.1. The standard InChI is InChI=1S/C12H17BClNO2.C11H16BNO3.C7H9BO4.C6H7BO3/c1-11(2)12(3,4)17-13(16-11)8-5-6-10(15)9(14)7-8;1-10(2)11(3,4)16-12(15-10)8-5-6-9(14)13-7-8;1-12-7-4-5(9)2-3-6(7)8(10)11;8-6-3-1-5(2-4-6)7(9)10/h5-7H,15H2,1-4H3;5-7H,1-4H3,(H,13,14);2-4,9-11H,1H3;1-4,8-10H. The number of halogens is 1. The van der Waals surface area contributed by atoms with Gasteiger partial charge in [-0.3, -0.25) is 4.79 Å². The van der Waals surface area contributed by atoms with Crippen LogP contribution >= 0.6 is 11.6 Å². The number of rotatable bonds is 5. The number of aromatic nitrogens is 1. The molecule has 0 aliphatic carbocycles. The molecule has 1 aromatic heterocycles. The van der Waals surface area contributed by atoms with E-state index in [4.69, 9.17) is 71.0 Å². The van der Waals surface area contributed by atoms with Crippen LogP contribution in [-0.2, 0) is 18.6 Å². The van der Waals surface area contributed by atoms with E-state index in [1.807, 2.05) is 61.5 Å². The lowest BCUT2D eigenvalue weighted by atomic mass is 9.79. The van der Waals surface area contributed by atoms with Crippen LogP contribution in [0.2, 0.25) is 5.02 Å². The van der Waals surface area contributed by atoms with E-state index in [1.165, 1.54) is 55.6 Å². The lowest BCUT2D eigenvalue weighted by Gasteiger charge is -2.32. The zero-order valence-electron chi connectivity index (χ0n) is 32.4. The number of methoxy groups -OCH3 is 1. The smallest absolute Gasteiger partial charge is 0.496 e. The van der Waals surface area contributed by atoms with Gasteiger partial charge < -0.3 is 64.4 Å². The van der Waals surface area contributed by atoms with Gasteiger partial charge in [0, 0.05) is 23.8 Å². The summed E-state index contributed by atoms with van der Waals surface area (Å²) in [5.74, 6) is 0.394. The van der Waals surface area contributed by atoms with Crippen molar-refractivity contribution in [2.24, 2.45) is 0 Å². The second-order valence-electron chi connectivity index (χ2n) is 14.7. The highest BCUT2D eigenvalue weighted by Gasteiger charge is 2.52. The Morgan fingerprint density at radius 1 is 0.673 bits per heavy atom. The third kappa shape index (κ3) is 12.0. The molecule has 294 valence electrons. The van der Waals surface area contributed by atoms with E-state index in [0.717, 1.165) is 10.9 Å². The van der Waals surface area contributed by atoms with E-state index in [-0.39, 0.29) is 50.7 Å². The summed E-state index contributed by atoms with van der Waals surface area (Å²) in [4.78, 5) is 13.6. The van der Waals surface area contributed by atoms with Gasteiger partial charge >= 0.3 is 28.5 Å². The van der Waals surface area contributed by atoms with E-state index < -0.39 is 28.5 Å². The van der Waals surface area contributed by atoms with Crippen molar-refractivity contribution in [3.8, 4) is 17.2 Å². The van der Waals surface area contributed by atoms with Gasteiger partial charge in [-0.15, -0.1) is 0 Å². The lowest BCUT2D eigenvalue weighted by molar-refractivity contribution is 0.00578. The fourth-order valence-electron chi connectivity index (χ4n) is 4.78. The molecule has 0 spiro atoms. The molecule has 19 heteroatoms. The second-order valence-corrected chi connectivity index (χ2v) is 15.1. The first-order valence-corrected chi connectivity index (χ1v) is 17.6. The number of hydrogen-bond donors (Lipinski definition) is 8. The van der Waals surface area contributed by atoms with Gasteiger partial charge in [-0.25, -0.2) is 0 Å². The van der Waals surface area contributed by atoms with Gasteiger partial charge in [0.05, 0.1) is 40.2 Å². The zero-order chi connectivity index (χ0) is 41.5. The van der Waals surface area contributed by atoms with E-state index in [1.54, 1.807) is 24.4 Å². The van der Waals surface area contributed by atoms with Crippen molar-refractivity contribution in [3.63, 3.8) is 0 Å². The Bertz CT molecular complexity index is 1880. The zero-order valence-corrected chi connectivity index (χ0v) is 33.2. The Labute approximate surface area is 327 Å². The summed E-state index contributed by atoms with van der Waals surface area (Å²) in [6.45, 7) is 16.1. The number of phenolic OH excluding ortho intramolecular Hbond substituents is 2. The summed E-state index contributed by atoms with van der Waals surface area (Å²) in [7, 11) is -2.46. The SMILES string of the molecule is CC1(C)OB(c2ccc(=O)[nH]c2)OC1(C)C.CC1(C)OB(c2ccc(N)c(Cl)c2)OC1(C)C.COc1cc(O)ccc1B(O)O.OB(O)c1ccc(O)cc1. The number of ether oxygens (including phenoxy) is 1. The Hall–Kier alpha value is -3.96. The summed E-state index contributed by atoms with van der Waals surface area (Å²) in [5, 5.41) is 53.1. The molecule has 55 heavy (non-hydrogen) atoms. The van der Waals surface area contributed by atoms with Gasteiger partial charge in [0.2, 0.25) is 5.56 Å². The van der Waals surface area contributed by atoms with Crippen LogP contribution in [0.1, 0.15) is 55.4 Å². The third-order valence-electron chi connectivity index (χ3n) is 9.57. The summed E-state index contributed by atoms with van der Waals surface area (Å²) in [5.41, 5.74) is 7.06. The highest BCUT2D eigenvalue weighted by Crippen LogP contribution is 2.37. The van der Waals surface area contributed by atoms with Crippen molar-refractivity contribution in [3.05, 3.63) is 94.4 Å². The molecular weight excluding hydrogens is 731 g/mol. The third-order valence-corrected chi connectivity index (χ3v) is 9.90. The first kappa shape index (κ1) is 45.4. The molecule has 6 rings (SSSR count). The molecule has 2 aliphatic heterocycles. The van der Waals surface area contributed by atoms with Crippen molar-refractivity contribution in [1.29, 1.82) is 0 Å². The average molecular weight is 780 g/mol. The quantitative estimate of drug-likeness (QED) is 0.105. The largest absolute Gasteiger partial charge is 0.508 e. The van der Waals surface area contributed by atoms with Crippen LogP contribution in [0.3, 0.4) is 0 Å². The maximum absolute atomic E-state index is 11.0. The molecule has 14 nitrogen and oxygen atoms in total. The summed E-state index contributed by atoms with van der Waals surface area (Å²) >= 11 is 6.00. The van der Waals surface area contributed by atoms with Crippen molar-refractivity contribution >= 4 is 67.6 Å². The fourth-order valence-corrected chi connectivity index (χ4v) is 4.97. The number of nitrogen functional groups attached to an aromatic ring is 1. The molecule has 2 saturated heterocycles. The molecule has 4 aromatic rings. The lowest BCUT2D eigenvalue weighted by Crippen LogP contribution is -2.41. The number of aromatic hydroxyl groups is 2. The van der Waals surface area contributed by atoms with Gasteiger partial charge in [0.1, 0.15) is 17.2 Å². The van der Waals surface area contributed by atoms with Crippen LogP contribution in [0.15, 0.2) is 83.8 Å². The van der Waals surface area contributed by atoms with Crippen molar-refractivity contribution in [1.82, 2.24) is 4.98 Å². The van der Waals surface area contributed by atoms with Gasteiger partial charge in [-0.2, -0.15) is 0 Å². The van der Waals surface area contributed by atoms with E-state index >= 15 is 0 Å². The Balaban J connectivity index is 0.000000201. The summed E-state index contributed by atoms with van der Waals surface area (Å²) in [6, 6.07) is 18.4. The monoisotopic (exact) mass is 780 g/mol. The molecule has 0 amide bonds. The fraction of sp³-hybridized carbons (Fsp3) is 0.361. The molecule has 2 fully saturated rings. The number of nitrogens with one attached hydrogen (secondary N) is 1. The minimum absolute atomic E-state index is 0.0243. The number of aromatic amines is 1. The topological polar surface area (TPSA) is 226 Å². The van der Waals surface area contributed by atoms with Gasteiger partial charge in [-0.05, 0) is 102 Å². The van der Waals surface area contributed by atoms with Crippen LogP contribution in [0.4, 0.5) is 5.69 Å². The van der Waals surface area contributed by atoms with Crippen molar-refractivity contribution in [2.45, 2.75) is 77.8 Å². The van der Waals surface area contributed by atoms with Crippen LogP contribution in [0.5, 0.6) is 17.2 Å². The minimum Gasteiger partial charge on any atom is -0.508 e. The average Bonchev–Trinajstić information content (AvgIpc) is 3.46. The van der Waals surface area contributed by atoms with Crippen LogP contribution in [0.25, 0.3) is 0 Å². The van der Waals surface area contributed by atoms with E-state index in [2.05, 4.69) is 4.98 Å². The van der Waals surface area contributed by atoms with Crippen LogP contribution < -0.4 is 37.9 Å². The molecule has 0 bridgehead atoms. The Morgan fingerprint density at radius 3 is 1.56 bits per heavy atom. The maximum Gasteiger partial charge on any atom is 0.496 e. The molecule has 2 aliphatic rings. The van der Waals surface area contributed by atoms with Gasteiger partial charge in [0.15, 0.2) is 0 Å². The molecule has 0 unspecified atom stereocenters. The van der Waals surface area contributed by atoms with Crippen LogP contribution in [0, 0.1) is 0 Å². The van der Waals surface area contributed by atoms with Gasteiger partial charge in [0.25, 0.3) is 0 Å². The maximum atomic E-state index is 11.0. The van der Waals surface area contributed by atoms with E-state index in [0.29, 0.717) is 16.2 Å². The van der Waals surface area contributed by atoms with Crippen LogP contribution in [-0.4, -0.2) is 93.3 Å². The molecule has 0 radical (unpaired) electrons. The first-order chi connectivity index (χ1) is 25.4. The number of H-pyrrole nitrogens is 1. The molecule has 0 atom stereocenters. The predicted octanol–water partition coefficient (Wildman–Crippen LogP) is 1.05. The number of phenols is 2. The minimum atomic E-state index is -1.58. The number of hydrogen-bond acceptors (Lipinski definition) is 13. The number of pyridine rings is 1. The predicted molar refractivity (Wildman–Crippen MR) is 217 cm³/mol. The highest BCUT2D eigenvalue weighted by molar-refractivity contribution is 6.63. The van der Waals surface area contributed by atoms with E-state index in [9.17, 15) is 4.79 Å². The number of nitrogens with two attached hydrogens (primary N) is 1. The molecular formula is C36H49B4ClN2O12. The molecule has 9 N–H and O–H groups in total. The second kappa shape index (κ2) is 18.3. The number of benzene rings is 3. The van der Waals surface area contributed by atoms with Gasteiger partial charge in [-0.1, -0.05) is 41.9 Å². The van der Waals surface area contributed by atoms with Crippen molar-refractivity contribution in [2.75, 3.05) is 12.8 Å². The summed E-state index contributed by atoms with van der Waals surface area (Å²) < 4.78 is 28.3. The first-order valence-electron chi connectivity index (χ1n) is 17.2. The molecule has 3 aromatic carbocycles. The molecule has 3 heterocycles. The summed E-state index contributed by atoms with van der Waals surface area (Å²) in [6.07, 6.45) is 1.63. The highest BCUT2D eigenvalue weighted by atomic mass is 35.5.